The molecule has 1 nitrogen and oxygen atoms in total. The Kier molecular flexibility index (Phi) is 2.65. The molecule has 2 atom stereocenters. The van der Waals surface area contributed by atoms with E-state index in [9.17, 15) is 0 Å². The Hall–Kier alpha value is -0.980. The van der Waals surface area contributed by atoms with Crippen LogP contribution in [0.4, 0.5) is 0 Å². The molecule has 0 N–H and O–H groups in total. The van der Waals surface area contributed by atoms with Crippen molar-refractivity contribution in [3.8, 4) is 5.75 Å². The molecule has 1 aromatic rings. The quantitative estimate of drug-likeness (QED) is 0.668. The van der Waals surface area contributed by atoms with Crippen LogP contribution in [0.1, 0.15) is 33.1 Å². The standard InChI is InChI=1S/C11H16O/c1-4-9(2)10-7-5-6-8-11(10)12-3/h5-9H,4H2,1-3H3/t9-/m0/s1/i4D/t4-,9+/m1. The Labute approximate surface area is 75.8 Å². The van der Waals surface area contributed by atoms with Gasteiger partial charge in [0.05, 0.1) is 7.11 Å². The van der Waals surface area contributed by atoms with E-state index in [2.05, 4.69) is 6.92 Å². The number of para-hydroxylation sites is 1. The van der Waals surface area contributed by atoms with Crippen LogP contribution < -0.4 is 4.74 Å². The van der Waals surface area contributed by atoms with Gasteiger partial charge in [-0.15, -0.1) is 0 Å². The van der Waals surface area contributed by atoms with E-state index in [1.54, 1.807) is 7.11 Å². The maximum atomic E-state index is 7.64. The highest BCUT2D eigenvalue weighted by molar-refractivity contribution is 5.35. The Morgan fingerprint density at radius 3 is 2.75 bits per heavy atom. The van der Waals surface area contributed by atoms with Gasteiger partial charge in [-0.1, -0.05) is 32.0 Å². The normalized spacial score (nSPS) is 16.4. The van der Waals surface area contributed by atoms with E-state index < -0.39 is 0 Å². The maximum absolute atomic E-state index is 7.64. The fourth-order valence-electron chi connectivity index (χ4n) is 1.22. The van der Waals surface area contributed by atoms with E-state index in [1.807, 2.05) is 31.2 Å². The van der Waals surface area contributed by atoms with Gasteiger partial charge in [-0.2, -0.15) is 0 Å². The smallest absolute Gasteiger partial charge is 0.122 e. The molecule has 0 aromatic heterocycles. The van der Waals surface area contributed by atoms with Crippen molar-refractivity contribution in [1.82, 2.24) is 0 Å². The van der Waals surface area contributed by atoms with Gasteiger partial charge in [-0.05, 0) is 23.9 Å². The summed E-state index contributed by atoms with van der Waals surface area (Å²) in [6.45, 7) is 3.95. The van der Waals surface area contributed by atoms with Gasteiger partial charge < -0.3 is 4.74 Å². The van der Waals surface area contributed by atoms with Crippen LogP contribution in [0.3, 0.4) is 0 Å². The van der Waals surface area contributed by atoms with E-state index in [0.29, 0.717) is 0 Å². The minimum absolute atomic E-state index is 0.101. The number of rotatable bonds is 3. The molecule has 0 aliphatic heterocycles. The fraction of sp³-hybridized carbons (Fsp3) is 0.455. The van der Waals surface area contributed by atoms with Crippen molar-refractivity contribution < 1.29 is 6.11 Å². The Morgan fingerprint density at radius 2 is 2.17 bits per heavy atom. The topological polar surface area (TPSA) is 9.23 Å². The number of benzene rings is 1. The van der Waals surface area contributed by atoms with Crippen LogP contribution in [-0.2, 0) is 0 Å². The first kappa shape index (κ1) is 7.66. The van der Waals surface area contributed by atoms with E-state index >= 15 is 0 Å². The molecule has 1 rings (SSSR count). The van der Waals surface area contributed by atoms with Crippen LogP contribution in [-0.4, -0.2) is 7.11 Å². The highest BCUT2D eigenvalue weighted by Gasteiger charge is 2.07. The summed E-state index contributed by atoms with van der Waals surface area (Å²) in [6.07, 6.45) is -0.101. The van der Waals surface area contributed by atoms with E-state index in [0.717, 1.165) is 11.3 Å². The molecule has 0 spiro atoms. The molecular formula is C11H16O. The second-order valence-electron chi connectivity index (χ2n) is 2.86. The first-order chi connectivity index (χ1) is 6.16. The van der Waals surface area contributed by atoms with Gasteiger partial charge in [-0.3, -0.25) is 0 Å². The van der Waals surface area contributed by atoms with E-state index in [-0.39, 0.29) is 12.3 Å². The highest BCUT2D eigenvalue weighted by Crippen LogP contribution is 2.27. The summed E-state index contributed by atoms with van der Waals surface area (Å²) in [5.41, 5.74) is 1.12. The number of ether oxygens (including phenoxy) is 1. The molecule has 0 radical (unpaired) electrons. The Morgan fingerprint density at radius 1 is 1.50 bits per heavy atom. The summed E-state index contributed by atoms with van der Waals surface area (Å²) >= 11 is 0. The zero-order valence-electron chi connectivity index (χ0n) is 8.87. The monoisotopic (exact) mass is 165 g/mol. The maximum Gasteiger partial charge on any atom is 0.122 e. The third-order valence-corrected chi connectivity index (χ3v) is 2.13. The van der Waals surface area contributed by atoms with Crippen molar-refractivity contribution in [3.05, 3.63) is 29.8 Å². The predicted molar refractivity (Wildman–Crippen MR) is 51.7 cm³/mol. The number of methoxy groups -OCH3 is 1. The minimum Gasteiger partial charge on any atom is -0.496 e. The molecule has 66 valence electrons. The highest BCUT2D eigenvalue weighted by atomic mass is 16.5. The lowest BCUT2D eigenvalue weighted by molar-refractivity contribution is 0.406. The first-order valence-electron chi connectivity index (χ1n) is 4.79. The third kappa shape index (κ3) is 1.79. The summed E-state index contributed by atoms with van der Waals surface area (Å²) in [5.74, 6) is 1.10. The minimum atomic E-state index is -0.101. The molecule has 0 fully saturated rings. The lowest BCUT2D eigenvalue weighted by atomic mass is 9.98. The largest absolute Gasteiger partial charge is 0.496 e. The zero-order valence-corrected chi connectivity index (χ0v) is 7.87. The molecular weight excluding hydrogens is 148 g/mol. The summed E-state index contributed by atoms with van der Waals surface area (Å²) in [6, 6.07) is 7.89. The van der Waals surface area contributed by atoms with Gasteiger partial charge in [0.25, 0.3) is 0 Å². The van der Waals surface area contributed by atoms with E-state index in [1.165, 1.54) is 0 Å². The first-order valence-corrected chi connectivity index (χ1v) is 4.22. The van der Waals surface area contributed by atoms with Crippen molar-refractivity contribution in [3.63, 3.8) is 0 Å². The molecule has 12 heavy (non-hydrogen) atoms. The Bertz CT molecular complexity index is 271. The Balaban J connectivity index is 2.98. The van der Waals surface area contributed by atoms with Crippen molar-refractivity contribution in [2.45, 2.75) is 26.2 Å². The molecule has 0 aliphatic rings. The van der Waals surface area contributed by atoms with Gasteiger partial charge in [0.2, 0.25) is 0 Å². The summed E-state index contributed by atoms with van der Waals surface area (Å²) < 4.78 is 12.9. The number of hydrogen-bond acceptors (Lipinski definition) is 1. The molecule has 0 heterocycles. The molecule has 0 amide bonds. The lowest BCUT2D eigenvalue weighted by Gasteiger charge is -2.12. The lowest BCUT2D eigenvalue weighted by Crippen LogP contribution is -1.95. The average molecular weight is 165 g/mol. The van der Waals surface area contributed by atoms with Crippen molar-refractivity contribution >= 4 is 0 Å². The van der Waals surface area contributed by atoms with Crippen molar-refractivity contribution in [2.24, 2.45) is 0 Å². The van der Waals surface area contributed by atoms with Gasteiger partial charge in [-0.25, -0.2) is 0 Å². The van der Waals surface area contributed by atoms with Gasteiger partial charge >= 0.3 is 0 Å². The van der Waals surface area contributed by atoms with Gasteiger partial charge in [0, 0.05) is 1.37 Å². The zero-order chi connectivity index (χ0) is 9.84. The van der Waals surface area contributed by atoms with Crippen LogP contribution in [0.25, 0.3) is 0 Å². The molecule has 0 unspecified atom stereocenters. The average Bonchev–Trinajstić information content (AvgIpc) is 2.16. The summed E-state index contributed by atoms with van der Waals surface area (Å²) in [5, 5.41) is 0. The second kappa shape index (κ2) is 4.15. The van der Waals surface area contributed by atoms with Crippen molar-refractivity contribution in [1.29, 1.82) is 0 Å². The van der Waals surface area contributed by atoms with Crippen molar-refractivity contribution in [2.75, 3.05) is 7.11 Å². The second-order valence-corrected chi connectivity index (χ2v) is 2.86. The molecule has 0 saturated heterocycles. The molecule has 0 saturated carbocycles. The third-order valence-electron chi connectivity index (χ3n) is 2.13. The fourth-order valence-corrected chi connectivity index (χ4v) is 1.22. The van der Waals surface area contributed by atoms with Crippen LogP contribution >= 0.6 is 0 Å². The van der Waals surface area contributed by atoms with Crippen LogP contribution in [0.15, 0.2) is 24.3 Å². The molecule has 0 aliphatic carbocycles. The summed E-state index contributed by atoms with van der Waals surface area (Å²) in [7, 11) is 1.67. The number of hydrogen-bond donors (Lipinski definition) is 0. The molecule has 1 aromatic carbocycles. The van der Waals surface area contributed by atoms with Gasteiger partial charge in [0.1, 0.15) is 5.75 Å². The van der Waals surface area contributed by atoms with Gasteiger partial charge in [0.15, 0.2) is 0 Å². The summed E-state index contributed by atoms with van der Waals surface area (Å²) in [4.78, 5) is 0. The van der Waals surface area contributed by atoms with Crippen LogP contribution in [0.2, 0.25) is 0 Å². The molecule has 0 bridgehead atoms. The van der Waals surface area contributed by atoms with Crippen LogP contribution in [0.5, 0.6) is 5.75 Å². The molecule has 1 heteroatoms. The van der Waals surface area contributed by atoms with Crippen LogP contribution in [0, 0.1) is 0 Å². The SMILES string of the molecule is [2H][C@H](C)[C@H](C)c1ccccc1OC. The predicted octanol–water partition coefficient (Wildman–Crippen LogP) is 3.21. The van der Waals surface area contributed by atoms with E-state index in [4.69, 9.17) is 6.11 Å².